The van der Waals surface area contributed by atoms with Crippen LogP contribution >= 0.6 is 0 Å². The maximum Gasteiger partial charge on any atom is 0.182 e. The second kappa shape index (κ2) is 3.77. The third-order valence-electron chi connectivity index (χ3n) is 1.74. The van der Waals surface area contributed by atoms with Crippen molar-refractivity contribution in [2.24, 2.45) is 0 Å². The molecular weight excluding hydrogens is 152 g/mol. The highest BCUT2D eigenvalue weighted by Crippen LogP contribution is 2.09. The van der Waals surface area contributed by atoms with E-state index in [1.807, 2.05) is 10.6 Å². The van der Waals surface area contributed by atoms with Gasteiger partial charge in [-0.15, -0.1) is 0 Å². The van der Waals surface area contributed by atoms with Crippen LogP contribution in [-0.4, -0.2) is 9.55 Å². The predicted molar refractivity (Wildman–Crippen MR) is 46.3 cm³/mol. The molecule has 0 saturated carbocycles. The minimum atomic E-state index is 0.325. The van der Waals surface area contributed by atoms with E-state index in [0.29, 0.717) is 11.5 Å². The zero-order valence-corrected chi connectivity index (χ0v) is 7.12. The largest absolute Gasteiger partial charge is 0.383 e. The van der Waals surface area contributed by atoms with Crippen molar-refractivity contribution in [1.29, 1.82) is 5.26 Å². The SMILES string of the molecule is CCCCn1cnc(C#N)c1N. The molecule has 0 aromatic carbocycles. The van der Waals surface area contributed by atoms with Gasteiger partial charge >= 0.3 is 0 Å². The lowest BCUT2D eigenvalue weighted by molar-refractivity contribution is 0.637. The molecule has 0 bridgehead atoms. The van der Waals surface area contributed by atoms with Gasteiger partial charge in [-0.3, -0.25) is 0 Å². The molecule has 0 spiro atoms. The first kappa shape index (κ1) is 8.60. The van der Waals surface area contributed by atoms with Crippen LogP contribution in [0.25, 0.3) is 0 Å². The summed E-state index contributed by atoms with van der Waals surface area (Å²) in [6, 6.07) is 1.94. The van der Waals surface area contributed by atoms with Gasteiger partial charge in [0.2, 0.25) is 0 Å². The first-order chi connectivity index (χ1) is 5.79. The Bertz CT molecular complexity index is 294. The summed E-state index contributed by atoms with van der Waals surface area (Å²) in [6.45, 7) is 2.95. The van der Waals surface area contributed by atoms with Crippen LogP contribution in [0.1, 0.15) is 25.5 Å². The molecule has 0 atom stereocenters. The zero-order chi connectivity index (χ0) is 8.97. The van der Waals surface area contributed by atoms with E-state index in [2.05, 4.69) is 11.9 Å². The Morgan fingerprint density at radius 1 is 1.75 bits per heavy atom. The molecule has 1 rings (SSSR count). The van der Waals surface area contributed by atoms with Gasteiger partial charge in [0.05, 0.1) is 6.33 Å². The number of anilines is 1. The van der Waals surface area contributed by atoms with Crippen LogP contribution in [-0.2, 0) is 6.54 Å². The van der Waals surface area contributed by atoms with Gasteiger partial charge in [0.1, 0.15) is 11.9 Å². The fourth-order valence-corrected chi connectivity index (χ4v) is 0.985. The summed E-state index contributed by atoms with van der Waals surface area (Å²) in [5, 5.41) is 8.55. The van der Waals surface area contributed by atoms with Gasteiger partial charge in [0, 0.05) is 6.54 Å². The first-order valence-electron chi connectivity index (χ1n) is 4.00. The van der Waals surface area contributed by atoms with Gasteiger partial charge in [-0.25, -0.2) is 4.98 Å². The van der Waals surface area contributed by atoms with Gasteiger partial charge in [0.25, 0.3) is 0 Å². The quantitative estimate of drug-likeness (QED) is 0.728. The summed E-state index contributed by atoms with van der Waals surface area (Å²) in [5.41, 5.74) is 5.96. The highest BCUT2D eigenvalue weighted by molar-refractivity contribution is 5.44. The van der Waals surface area contributed by atoms with Crippen molar-refractivity contribution in [1.82, 2.24) is 9.55 Å². The molecule has 1 aromatic rings. The predicted octanol–water partition coefficient (Wildman–Crippen LogP) is 1.14. The van der Waals surface area contributed by atoms with Crippen molar-refractivity contribution >= 4 is 5.82 Å². The zero-order valence-electron chi connectivity index (χ0n) is 7.12. The van der Waals surface area contributed by atoms with Crippen molar-refractivity contribution in [3.05, 3.63) is 12.0 Å². The number of aryl methyl sites for hydroxylation is 1. The van der Waals surface area contributed by atoms with Gasteiger partial charge in [-0.1, -0.05) is 13.3 Å². The monoisotopic (exact) mass is 164 g/mol. The van der Waals surface area contributed by atoms with Crippen LogP contribution in [0.2, 0.25) is 0 Å². The lowest BCUT2D eigenvalue weighted by Crippen LogP contribution is -2.02. The minimum absolute atomic E-state index is 0.325. The Kier molecular flexibility index (Phi) is 2.70. The molecule has 0 aliphatic carbocycles. The van der Waals surface area contributed by atoms with Crippen LogP contribution in [0.15, 0.2) is 6.33 Å². The van der Waals surface area contributed by atoms with Crippen molar-refractivity contribution in [3.63, 3.8) is 0 Å². The maximum absolute atomic E-state index is 8.55. The van der Waals surface area contributed by atoms with Gasteiger partial charge in [0.15, 0.2) is 5.69 Å². The van der Waals surface area contributed by atoms with Crippen molar-refractivity contribution < 1.29 is 0 Å². The number of unbranched alkanes of at least 4 members (excludes halogenated alkanes) is 1. The number of nitrogen functional groups attached to an aromatic ring is 1. The normalized spacial score (nSPS) is 9.67. The van der Waals surface area contributed by atoms with E-state index in [0.717, 1.165) is 19.4 Å². The average Bonchev–Trinajstić information content (AvgIpc) is 2.43. The Morgan fingerprint density at radius 2 is 2.50 bits per heavy atom. The molecular formula is C8H12N4. The van der Waals surface area contributed by atoms with E-state index in [4.69, 9.17) is 11.0 Å². The van der Waals surface area contributed by atoms with Crippen LogP contribution in [0.3, 0.4) is 0 Å². The molecule has 4 nitrogen and oxygen atoms in total. The molecule has 4 heteroatoms. The lowest BCUT2D eigenvalue weighted by atomic mass is 10.3. The fraction of sp³-hybridized carbons (Fsp3) is 0.500. The molecule has 12 heavy (non-hydrogen) atoms. The molecule has 0 radical (unpaired) electrons. The third kappa shape index (κ3) is 1.56. The summed E-state index contributed by atoms with van der Waals surface area (Å²) in [7, 11) is 0. The van der Waals surface area contributed by atoms with Crippen LogP contribution in [0.4, 0.5) is 5.82 Å². The summed E-state index contributed by atoms with van der Waals surface area (Å²) in [5.74, 6) is 0.478. The summed E-state index contributed by atoms with van der Waals surface area (Å²) >= 11 is 0. The molecule has 0 aliphatic rings. The molecule has 0 fully saturated rings. The van der Waals surface area contributed by atoms with Crippen molar-refractivity contribution in [2.75, 3.05) is 5.73 Å². The van der Waals surface area contributed by atoms with Crippen LogP contribution in [0.5, 0.6) is 0 Å². The Labute approximate surface area is 71.6 Å². The number of imidazole rings is 1. The number of nitriles is 1. The molecule has 0 amide bonds. The molecule has 64 valence electrons. The number of hydrogen-bond donors (Lipinski definition) is 1. The van der Waals surface area contributed by atoms with Gasteiger partial charge in [-0.2, -0.15) is 5.26 Å². The number of nitrogens with zero attached hydrogens (tertiary/aromatic N) is 3. The second-order valence-corrected chi connectivity index (χ2v) is 2.64. The maximum atomic E-state index is 8.55. The number of aromatic nitrogens is 2. The van der Waals surface area contributed by atoms with Crippen molar-refractivity contribution in [3.8, 4) is 6.07 Å². The van der Waals surface area contributed by atoms with E-state index < -0.39 is 0 Å². The second-order valence-electron chi connectivity index (χ2n) is 2.64. The van der Waals surface area contributed by atoms with E-state index in [1.165, 1.54) is 0 Å². The Morgan fingerprint density at radius 3 is 3.00 bits per heavy atom. The molecule has 0 aliphatic heterocycles. The van der Waals surface area contributed by atoms with E-state index >= 15 is 0 Å². The Balaban J connectivity index is 2.75. The molecule has 1 aromatic heterocycles. The number of nitrogens with two attached hydrogens (primary N) is 1. The van der Waals surface area contributed by atoms with Gasteiger partial charge in [-0.05, 0) is 6.42 Å². The number of rotatable bonds is 3. The molecule has 0 saturated heterocycles. The third-order valence-corrected chi connectivity index (χ3v) is 1.74. The molecule has 1 heterocycles. The van der Waals surface area contributed by atoms with E-state index in [1.54, 1.807) is 6.33 Å². The summed E-state index contributed by atoms with van der Waals surface area (Å²) in [4.78, 5) is 3.86. The molecule has 2 N–H and O–H groups in total. The fourth-order valence-electron chi connectivity index (χ4n) is 0.985. The number of hydrogen-bond acceptors (Lipinski definition) is 3. The smallest absolute Gasteiger partial charge is 0.182 e. The summed E-state index contributed by atoms with van der Waals surface area (Å²) < 4.78 is 1.81. The van der Waals surface area contributed by atoms with E-state index in [-0.39, 0.29) is 0 Å². The van der Waals surface area contributed by atoms with E-state index in [9.17, 15) is 0 Å². The molecule has 0 unspecified atom stereocenters. The standard InChI is InChI=1S/C8H12N4/c1-2-3-4-12-6-11-7(5-9)8(12)10/h6H,2-4,10H2,1H3. The lowest BCUT2D eigenvalue weighted by Gasteiger charge is -2.01. The average molecular weight is 164 g/mol. The Hall–Kier alpha value is -1.50. The van der Waals surface area contributed by atoms with Crippen LogP contribution in [0, 0.1) is 11.3 Å². The first-order valence-corrected chi connectivity index (χ1v) is 4.00. The van der Waals surface area contributed by atoms with Gasteiger partial charge < -0.3 is 10.3 Å². The summed E-state index contributed by atoms with van der Waals surface area (Å²) in [6.07, 6.45) is 3.79. The highest BCUT2D eigenvalue weighted by atomic mass is 15.1. The van der Waals surface area contributed by atoms with Crippen LogP contribution < -0.4 is 5.73 Å². The minimum Gasteiger partial charge on any atom is -0.383 e. The topological polar surface area (TPSA) is 67.6 Å². The highest BCUT2D eigenvalue weighted by Gasteiger charge is 2.04. The van der Waals surface area contributed by atoms with Crippen molar-refractivity contribution in [2.45, 2.75) is 26.3 Å².